The minimum Gasteiger partial charge on any atom is -0.384 e. The number of halogens is 7. The Kier molecular flexibility index (Phi) is 4.00. The lowest BCUT2D eigenvalue weighted by Crippen LogP contribution is -2.53. The van der Waals surface area contributed by atoms with E-state index in [0.29, 0.717) is 11.1 Å². The highest BCUT2D eigenvalue weighted by Gasteiger charge is 2.73. The van der Waals surface area contributed by atoms with Crippen LogP contribution in [0.3, 0.4) is 0 Å². The highest BCUT2D eigenvalue weighted by Crippen LogP contribution is 2.57. The fourth-order valence-electron chi connectivity index (χ4n) is 2.31. The number of allylic oxidation sites excluding steroid dienone is 2. The smallest absolute Gasteiger partial charge is 0.384 e. The van der Waals surface area contributed by atoms with E-state index in [4.69, 9.17) is 11.0 Å². The van der Waals surface area contributed by atoms with Crippen LogP contribution in [0.1, 0.15) is 0 Å². The molecule has 0 atom stereocenters. The molecule has 10 heteroatoms. The molecule has 0 radical (unpaired) electrons. The molecule has 0 aromatic heterocycles. The van der Waals surface area contributed by atoms with Gasteiger partial charge in [0.05, 0.1) is 11.3 Å². The second-order valence-electron chi connectivity index (χ2n) is 4.81. The zero-order valence-electron chi connectivity index (χ0n) is 11.6. The molecule has 0 fully saturated rings. The quantitative estimate of drug-likeness (QED) is 0.779. The molecular weight excluding hydrogens is 343 g/mol. The van der Waals surface area contributed by atoms with Crippen molar-refractivity contribution in [3.8, 4) is 6.07 Å². The van der Waals surface area contributed by atoms with Gasteiger partial charge in [-0.3, -0.25) is 0 Å². The van der Waals surface area contributed by atoms with E-state index in [-0.39, 0.29) is 6.08 Å². The number of hydrogen-bond donors (Lipinski definition) is 1. The molecule has 1 aliphatic heterocycles. The Morgan fingerprint density at radius 2 is 1.58 bits per heavy atom. The number of benzene rings is 1. The summed E-state index contributed by atoms with van der Waals surface area (Å²) in [6, 6.07) is 5.49. The van der Waals surface area contributed by atoms with Crippen molar-refractivity contribution in [1.82, 2.24) is 0 Å². The zero-order chi connectivity index (χ0) is 18.3. The SMILES string of the molecule is N#CC1=C(N)N(c2ccccc2F)C=CC1(C(F)(F)F)C(F)(F)F. The number of rotatable bonds is 1. The van der Waals surface area contributed by atoms with Crippen LogP contribution in [-0.4, -0.2) is 12.4 Å². The fourth-order valence-corrected chi connectivity index (χ4v) is 2.31. The molecular formula is C14H8F7N3. The molecule has 2 N–H and O–H groups in total. The molecule has 1 heterocycles. The van der Waals surface area contributed by atoms with E-state index < -0.39 is 40.7 Å². The van der Waals surface area contributed by atoms with E-state index in [1.807, 2.05) is 0 Å². The van der Waals surface area contributed by atoms with Gasteiger partial charge in [-0.05, 0) is 18.2 Å². The largest absolute Gasteiger partial charge is 0.411 e. The minimum absolute atomic E-state index is 0.242. The molecule has 1 aromatic carbocycles. The Morgan fingerprint density at radius 1 is 1.04 bits per heavy atom. The van der Waals surface area contributed by atoms with Gasteiger partial charge in [0.1, 0.15) is 17.7 Å². The summed E-state index contributed by atoms with van der Waals surface area (Å²) >= 11 is 0. The van der Waals surface area contributed by atoms with E-state index in [0.717, 1.165) is 18.2 Å². The van der Waals surface area contributed by atoms with Gasteiger partial charge in [0.15, 0.2) is 0 Å². The van der Waals surface area contributed by atoms with Gasteiger partial charge in [-0.1, -0.05) is 12.1 Å². The molecule has 0 aliphatic carbocycles. The van der Waals surface area contributed by atoms with Crippen molar-refractivity contribution in [3.63, 3.8) is 0 Å². The Bertz CT molecular complexity index is 739. The first-order chi connectivity index (χ1) is 11.0. The van der Waals surface area contributed by atoms with Gasteiger partial charge in [-0.2, -0.15) is 31.6 Å². The molecule has 0 saturated heterocycles. The summed E-state index contributed by atoms with van der Waals surface area (Å²) in [6.07, 6.45) is -11.6. The maximum atomic E-state index is 13.8. The first-order valence-corrected chi connectivity index (χ1v) is 6.24. The summed E-state index contributed by atoms with van der Waals surface area (Å²) in [5, 5.41) is 8.92. The van der Waals surface area contributed by atoms with Crippen molar-refractivity contribution >= 4 is 5.69 Å². The summed E-state index contributed by atoms with van der Waals surface area (Å²) < 4.78 is 93.0. The van der Waals surface area contributed by atoms with Crippen LogP contribution in [-0.2, 0) is 0 Å². The third kappa shape index (κ3) is 2.36. The van der Waals surface area contributed by atoms with Crippen LogP contribution in [0, 0.1) is 22.6 Å². The van der Waals surface area contributed by atoms with Gasteiger partial charge < -0.3 is 10.6 Å². The highest BCUT2D eigenvalue weighted by molar-refractivity contribution is 5.62. The van der Waals surface area contributed by atoms with E-state index in [9.17, 15) is 30.7 Å². The molecule has 0 bridgehead atoms. The average molecular weight is 351 g/mol. The van der Waals surface area contributed by atoms with Crippen LogP contribution in [0.15, 0.2) is 47.9 Å². The normalized spacial score (nSPS) is 17.8. The standard InChI is InChI=1S/C14H8F7N3/c15-9-3-1-2-4-10(9)24-6-5-12(13(16,17)18,14(19,20)21)8(7-22)11(24)23/h1-6H,23H2. The first kappa shape index (κ1) is 17.7. The zero-order valence-corrected chi connectivity index (χ0v) is 11.6. The highest BCUT2D eigenvalue weighted by atomic mass is 19.4. The number of nitrogens with zero attached hydrogens (tertiary/aromatic N) is 2. The number of para-hydroxylation sites is 1. The third-order valence-corrected chi connectivity index (χ3v) is 3.50. The number of alkyl halides is 6. The lowest BCUT2D eigenvalue weighted by atomic mass is 9.77. The molecule has 3 nitrogen and oxygen atoms in total. The lowest BCUT2D eigenvalue weighted by Gasteiger charge is -2.39. The van der Waals surface area contributed by atoms with Crippen LogP contribution in [0.4, 0.5) is 36.4 Å². The van der Waals surface area contributed by atoms with Gasteiger partial charge in [0, 0.05) is 6.20 Å². The van der Waals surface area contributed by atoms with Gasteiger partial charge >= 0.3 is 12.4 Å². The maximum Gasteiger partial charge on any atom is 0.411 e. The monoisotopic (exact) mass is 351 g/mol. The van der Waals surface area contributed by atoms with Crippen LogP contribution in [0.5, 0.6) is 0 Å². The second kappa shape index (κ2) is 5.43. The van der Waals surface area contributed by atoms with Crippen molar-refractivity contribution in [2.75, 3.05) is 4.90 Å². The summed E-state index contributed by atoms with van der Waals surface area (Å²) in [6.45, 7) is 0. The maximum absolute atomic E-state index is 13.8. The third-order valence-electron chi connectivity index (χ3n) is 3.50. The minimum atomic E-state index is -5.86. The molecule has 128 valence electrons. The molecule has 24 heavy (non-hydrogen) atoms. The van der Waals surface area contributed by atoms with Crippen molar-refractivity contribution in [1.29, 1.82) is 5.26 Å². The van der Waals surface area contributed by atoms with E-state index >= 15 is 0 Å². The number of anilines is 1. The summed E-state index contributed by atoms with van der Waals surface area (Å²) in [5.41, 5.74) is -1.35. The van der Waals surface area contributed by atoms with E-state index in [1.54, 1.807) is 0 Å². The van der Waals surface area contributed by atoms with Gasteiger partial charge in [-0.15, -0.1) is 0 Å². The first-order valence-electron chi connectivity index (χ1n) is 6.24. The van der Waals surface area contributed by atoms with Crippen molar-refractivity contribution < 1.29 is 30.7 Å². The Balaban J connectivity index is 2.74. The molecule has 1 aromatic rings. The lowest BCUT2D eigenvalue weighted by molar-refractivity contribution is -0.306. The summed E-state index contributed by atoms with van der Waals surface area (Å²) in [7, 11) is 0. The van der Waals surface area contributed by atoms with Gasteiger partial charge in [-0.25, -0.2) is 4.39 Å². The Hall–Kier alpha value is -2.70. The average Bonchev–Trinajstić information content (AvgIpc) is 2.45. The van der Waals surface area contributed by atoms with Crippen LogP contribution in [0.2, 0.25) is 0 Å². The van der Waals surface area contributed by atoms with E-state index in [2.05, 4.69) is 0 Å². The molecule has 0 spiro atoms. The number of hydrogen-bond acceptors (Lipinski definition) is 3. The van der Waals surface area contributed by atoms with Crippen molar-refractivity contribution in [2.24, 2.45) is 11.1 Å². The van der Waals surface area contributed by atoms with Crippen molar-refractivity contribution in [3.05, 3.63) is 53.8 Å². The van der Waals surface area contributed by atoms with Crippen LogP contribution < -0.4 is 10.6 Å². The van der Waals surface area contributed by atoms with E-state index in [1.165, 1.54) is 12.1 Å². The van der Waals surface area contributed by atoms with Gasteiger partial charge in [0.2, 0.25) is 5.41 Å². The predicted molar refractivity (Wildman–Crippen MR) is 69.4 cm³/mol. The topological polar surface area (TPSA) is 53.1 Å². The van der Waals surface area contributed by atoms with Crippen LogP contribution >= 0.6 is 0 Å². The van der Waals surface area contributed by atoms with Crippen molar-refractivity contribution in [2.45, 2.75) is 12.4 Å². The summed E-state index contributed by atoms with van der Waals surface area (Å²) in [5.74, 6) is -2.09. The molecule has 0 saturated carbocycles. The van der Waals surface area contributed by atoms with Crippen LogP contribution in [0.25, 0.3) is 0 Å². The Labute approximate surface area is 131 Å². The number of nitrogens with two attached hydrogens (primary N) is 1. The molecule has 0 unspecified atom stereocenters. The molecule has 2 rings (SSSR count). The summed E-state index contributed by atoms with van der Waals surface area (Å²) in [4.78, 5) is 0.559. The fraction of sp³-hybridized carbons (Fsp3) is 0.214. The molecule has 1 aliphatic rings. The predicted octanol–water partition coefficient (Wildman–Crippen LogP) is 3.96. The second-order valence-corrected chi connectivity index (χ2v) is 4.81. The molecule has 0 amide bonds. The van der Waals surface area contributed by atoms with Gasteiger partial charge in [0.25, 0.3) is 0 Å². The Morgan fingerprint density at radius 3 is 2.04 bits per heavy atom. The number of nitriles is 1.